The van der Waals surface area contributed by atoms with Crippen molar-refractivity contribution in [2.75, 3.05) is 19.7 Å². The lowest BCUT2D eigenvalue weighted by atomic mass is 10.1. The van der Waals surface area contributed by atoms with Crippen LogP contribution in [0.15, 0.2) is 42.5 Å². The van der Waals surface area contributed by atoms with E-state index in [4.69, 9.17) is 9.47 Å². The summed E-state index contributed by atoms with van der Waals surface area (Å²) in [6, 6.07) is 9.24. The van der Waals surface area contributed by atoms with Crippen molar-refractivity contribution in [1.82, 2.24) is 4.90 Å². The SMILES string of the molecule is C=CCOc1ccc(/C=C(\C#N)C(=O)N2C[C@@H](C)O[C@H](C)C2)cc1. The smallest absolute Gasteiger partial charge is 0.264 e. The Morgan fingerprint density at radius 3 is 2.54 bits per heavy atom. The Hall–Kier alpha value is -2.58. The van der Waals surface area contributed by atoms with Gasteiger partial charge in [-0.15, -0.1) is 0 Å². The summed E-state index contributed by atoms with van der Waals surface area (Å²) in [6.45, 7) is 8.87. The first-order valence-electron chi connectivity index (χ1n) is 7.93. The zero-order valence-electron chi connectivity index (χ0n) is 14.1. The molecule has 1 fully saturated rings. The molecule has 5 heteroatoms. The molecule has 1 aliphatic heterocycles. The predicted molar refractivity (Wildman–Crippen MR) is 92.3 cm³/mol. The molecule has 1 saturated heterocycles. The largest absolute Gasteiger partial charge is 0.490 e. The van der Waals surface area contributed by atoms with E-state index in [0.29, 0.717) is 25.4 Å². The second-order valence-corrected chi connectivity index (χ2v) is 5.81. The Balaban J connectivity index is 2.12. The highest BCUT2D eigenvalue weighted by atomic mass is 16.5. The number of hydrogen-bond acceptors (Lipinski definition) is 4. The summed E-state index contributed by atoms with van der Waals surface area (Å²) in [7, 11) is 0. The molecule has 2 rings (SSSR count). The average Bonchev–Trinajstić information content (AvgIpc) is 2.57. The fourth-order valence-corrected chi connectivity index (χ4v) is 2.64. The molecule has 0 aliphatic carbocycles. The van der Waals surface area contributed by atoms with E-state index in [2.05, 4.69) is 6.58 Å². The van der Waals surface area contributed by atoms with Crippen LogP contribution in [0.4, 0.5) is 0 Å². The van der Waals surface area contributed by atoms with E-state index in [1.807, 2.05) is 32.0 Å². The number of benzene rings is 1. The predicted octanol–water partition coefficient (Wildman–Crippen LogP) is 2.79. The van der Waals surface area contributed by atoms with Crippen LogP contribution >= 0.6 is 0 Å². The van der Waals surface area contributed by atoms with E-state index in [1.165, 1.54) is 0 Å². The lowest BCUT2D eigenvalue weighted by molar-refractivity contribution is -0.138. The number of ether oxygens (including phenoxy) is 2. The summed E-state index contributed by atoms with van der Waals surface area (Å²) in [4.78, 5) is 14.3. The first-order valence-corrected chi connectivity index (χ1v) is 7.93. The van der Waals surface area contributed by atoms with Crippen molar-refractivity contribution >= 4 is 12.0 Å². The third-order valence-corrected chi connectivity index (χ3v) is 3.62. The minimum absolute atomic E-state index is 0.0288. The summed E-state index contributed by atoms with van der Waals surface area (Å²) >= 11 is 0. The summed E-state index contributed by atoms with van der Waals surface area (Å²) in [5.74, 6) is 0.458. The lowest BCUT2D eigenvalue weighted by Gasteiger charge is -2.35. The van der Waals surface area contributed by atoms with Gasteiger partial charge in [0.15, 0.2) is 0 Å². The molecular formula is C19H22N2O3. The zero-order valence-corrected chi connectivity index (χ0v) is 14.1. The number of hydrogen-bond donors (Lipinski definition) is 0. The standard InChI is InChI=1S/C19H22N2O3/c1-4-9-23-18-7-5-16(6-8-18)10-17(11-20)19(22)21-12-14(2)24-15(3)13-21/h4-8,10,14-15H,1,9,12-13H2,2-3H3/b17-10+/t14-,15-/m1/s1. The Morgan fingerprint density at radius 1 is 1.38 bits per heavy atom. The molecule has 0 aromatic heterocycles. The first-order chi connectivity index (χ1) is 11.5. The van der Waals surface area contributed by atoms with Crippen molar-refractivity contribution in [2.45, 2.75) is 26.1 Å². The number of nitriles is 1. The van der Waals surface area contributed by atoms with Gasteiger partial charge in [0, 0.05) is 13.1 Å². The molecule has 0 spiro atoms. The highest BCUT2D eigenvalue weighted by molar-refractivity contribution is 6.01. The van der Waals surface area contributed by atoms with E-state index >= 15 is 0 Å². The fraction of sp³-hybridized carbons (Fsp3) is 0.368. The summed E-state index contributed by atoms with van der Waals surface area (Å²) in [6.07, 6.45) is 3.22. The molecule has 0 saturated carbocycles. The van der Waals surface area contributed by atoms with Crippen molar-refractivity contribution < 1.29 is 14.3 Å². The fourth-order valence-electron chi connectivity index (χ4n) is 2.64. The van der Waals surface area contributed by atoms with Crippen LogP contribution in [-0.2, 0) is 9.53 Å². The molecule has 1 aromatic carbocycles. The quantitative estimate of drug-likeness (QED) is 0.474. The van der Waals surface area contributed by atoms with Gasteiger partial charge in [0.1, 0.15) is 24.0 Å². The molecule has 1 heterocycles. The van der Waals surface area contributed by atoms with E-state index in [1.54, 1.807) is 29.2 Å². The molecule has 5 nitrogen and oxygen atoms in total. The van der Waals surface area contributed by atoms with Crippen LogP contribution in [0, 0.1) is 11.3 Å². The maximum absolute atomic E-state index is 12.6. The van der Waals surface area contributed by atoms with Crippen LogP contribution in [0.25, 0.3) is 6.08 Å². The van der Waals surface area contributed by atoms with Gasteiger partial charge < -0.3 is 14.4 Å². The van der Waals surface area contributed by atoms with E-state index in [9.17, 15) is 10.1 Å². The molecule has 0 radical (unpaired) electrons. The first kappa shape index (κ1) is 17.8. The Kier molecular flexibility index (Phi) is 6.16. The summed E-state index contributed by atoms with van der Waals surface area (Å²) < 4.78 is 11.0. The van der Waals surface area contributed by atoms with Crippen molar-refractivity contribution in [1.29, 1.82) is 5.26 Å². The highest BCUT2D eigenvalue weighted by Crippen LogP contribution is 2.17. The molecule has 2 atom stereocenters. The van der Waals surface area contributed by atoms with Gasteiger partial charge in [-0.2, -0.15) is 5.26 Å². The number of amides is 1. The number of carbonyl (C=O) groups is 1. The van der Waals surface area contributed by atoms with Gasteiger partial charge >= 0.3 is 0 Å². The highest BCUT2D eigenvalue weighted by Gasteiger charge is 2.27. The maximum atomic E-state index is 12.6. The van der Waals surface area contributed by atoms with Crippen molar-refractivity contribution in [3.05, 3.63) is 48.1 Å². The van der Waals surface area contributed by atoms with Crippen molar-refractivity contribution in [3.63, 3.8) is 0 Å². The maximum Gasteiger partial charge on any atom is 0.264 e. The monoisotopic (exact) mass is 326 g/mol. The van der Waals surface area contributed by atoms with E-state index in [0.717, 1.165) is 5.56 Å². The van der Waals surface area contributed by atoms with Gasteiger partial charge in [0.25, 0.3) is 5.91 Å². The molecule has 126 valence electrons. The van der Waals surface area contributed by atoms with E-state index < -0.39 is 0 Å². The van der Waals surface area contributed by atoms with Gasteiger partial charge in [0.05, 0.1) is 12.2 Å². The number of carbonyl (C=O) groups excluding carboxylic acids is 1. The number of nitrogens with zero attached hydrogens (tertiary/aromatic N) is 2. The molecule has 0 unspecified atom stereocenters. The summed E-state index contributed by atoms with van der Waals surface area (Å²) in [5.41, 5.74) is 0.899. The Labute approximate surface area is 142 Å². The zero-order chi connectivity index (χ0) is 17.5. The van der Waals surface area contributed by atoms with Crippen molar-refractivity contribution in [3.8, 4) is 11.8 Å². The number of rotatable bonds is 5. The molecule has 0 N–H and O–H groups in total. The second kappa shape index (κ2) is 8.32. The van der Waals surface area contributed by atoms with Gasteiger partial charge in [-0.3, -0.25) is 4.79 Å². The third kappa shape index (κ3) is 4.71. The van der Waals surface area contributed by atoms with E-state index in [-0.39, 0.29) is 23.7 Å². The molecule has 1 aliphatic rings. The van der Waals surface area contributed by atoms with Crippen LogP contribution in [0.3, 0.4) is 0 Å². The second-order valence-electron chi connectivity index (χ2n) is 5.81. The lowest BCUT2D eigenvalue weighted by Crippen LogP contribution is -2.48. The van der Waals surface area contributed by atoms with Crippen LogP contribution in [0.5, 0.6) is 5.75 Å². The van der Waals surface area contributed by atoms with Crippen LogP contribution in [0.2, 0.25) is 0 Å². The molecule has 24 heavy (non-hydrogen) atoms. The van der Waals surface area contributed by atoms with Crippen LogP contribution in [-0.4, -0.2) is 42.7 Å². The van der Waals surface area contributed by atoms with Gasteiger partial charge in [-0.1, -0.05) is 24.8 Å². The molecule has 1 aromatic rings. The minimum Gasteiger partial charge on any atom is -0.490 e. The Morgan fingerprint density at radius 2 is 2.00 bits per heavy atom. The summed E-state index contributed by atoms with van der Waals surface area (Å²) in [5, 5.41) is 9.36. The average molecular weight is 326 g/mol. The van der Waals surface area contributed by atoms with Crippen LogP contribution < -0.4 is 4.74 Å². The topological polar surface area (TPSA) is 62.6 Å². The molecular weight excluding hydrogens is 304 g/mol. The van der Waals surface area contributed by atoms with Gasteiger partial charge in [-0.25, -0.2) is 0 Å². The number of morpholine rings is 1. The van der Waals surface area contributed by atoms with Gasteiger partial charge in [0.2, 0.25) is 0 Å². The molecule has 0 bridgehead atoms. The third-order valence-electron chi connectivity index (χ3n) is 3.62. The normalized spacial score (nSPS) is 21.0. The van der Waals surface area contributed by atoms with Crippen molar-refractivity contribution in [2.24, 2.45) is 0 Å². The Bertz CT molecular complexity index is 648. The van der Waals surface area contributed by atoms with Crippen LogP contribution in [0.1, 0.15) is 19.4 Å². The minimum atomic E-state index is -0.258. The molecule has 1 amide bonds. The van der Waals surface area contributed by atoms with Gasteiger partial charge in [-0.05, 0) is 37.6 Å².